The lowest BCUT2D eigenvalue weighted by Gasteiger charge is -2.28. The van der Waals surface area contributed by atoms with Crippen molar-refractivity contribution in [3.05, 3.63) is 33.9 Å². The number of nitrogens with one attached hydrogen (secondary N) is 1. The van der Waals surface area contributed by atoms with E-state index >= 15 is 0 Å². The summed E-state index contributed by atoms with van der Waals surface area (Å²) in [4.78, 5) is 23.0. The van der Waals surface area contributed by atoms with E-state index in [1.807, 2.05) is 0 Å². The van der Waals surface area contributed by atoms with E-state index in [2.05, 4.69) is 5.32 Å². The third-order valence-corrected chi connectivity index (χ3v) is 4.92. The van der Waals surface area contributed by atoms with E-state index in [4.69, 9.17) is 10.5 Å². The Hall–Kier alpha value is -1.99. The quantitative estimate of drug-likeness (QED) is 0.581. The molecule has 0 aromatic heterocycles. The summed E-state index contributed by atoms with van der Waals surface area (Å²) in [6.07, 6.45) is 5.97. The van der Waals surface area contributed by atoms with E-state index in [-0.39, 0.29) is 11.6 Å². The Kier molecular flexibility index (Phi) is 6.90. The van der Waals surface area contributed by atoms with Crippen molar-refractivity contribution in [3.8, 4) is 0 Å². The molecule has 0 aliphatic heterocycles. The number of hydrogen-bond donors (Lipinski definition) is 2. The second-order valence-electron chi connectivity index (χ2n) is 6.81. The predicted molar refractivity (Wildman–Crippen MR) is 96.4 cm³/mol. The van der Waals surface area contributed by atoms with Gasteiger partial charge in [-0.1, -0.05) is 38.2 Å². The van der Waals surface area contributed by atoms with Gasteiger partial charge in [0.05, 0.1) is 10.6 Å². The van der Waals surface area contributed by atoms with Gasteiger partial charge in [-0.2, -0.15) is 0 Å². The number of amides is 1. The van der Waals surface area contributed by atoms with Crippen LogP contribution in [-0.4, -0.2) is 30.1 Å². The average Bonchev–Trinajstić information content (AvgIpc) is 2.58. The van der Waals surface area contributed by atoms with Gasteiger partial charge in [-0.3, -0.25) is 14.9 Å². The van der Waals surface area contributed by atoms with Crippen LogP contribution >= 0.6 is 0 Å². The van der Waals surface area contributed by atoms with E-state index in [9.17, 15) is 14.9 Å². The third kappa shape index (κ3) is 5.24. The van der Waals surface area contributed by atoms with Gasteiger partial charge in [-0.05, 0) is 24.8 Å². The maximum Gasteiger partial charge on any atom is 0.271 e. The highest BCUT2D eigenvalue weighted by Crippen LogP contribution is 2.28. The number of rotatable bonds is 7. The van der Waals surface area contributed by atoms with Gasteiger partial charge in [0.2, 0.25) is 0 Å². The molecule has 0 spiro atoms. The number of nitrogens with zero attached hydrogens (tertiary/aromatic N) is 1. The predicted octanol–water partition coefficient (Wildman–Crippen LogP) is 3.15. The number of nitro groups is 1. The molecule has 1 aromatic carbocycles. The van der Waals surface area contributed by atoms with Crippen molar-refractivity contribution in [3.63, 3.8) is 0 Å². The molecule has 7 nitrogen and oxygen atoms in total. The van der Waals surface area contributed by atoms with Crippen molar-refractivity contribution >= 4 is 17.3 Å². The first kappa shape index (κ1) is 19.3. The normalized spacial score (nSPS) is 17.7. The lowest BCUT2D eigenvalue weighted by Crippen LogP contribution is -2.46. The van der Waals surface area contributed by atoms with Gasteiger partial charge in [-0.25, -0.2) is 0 Å². The number of nitrogens with two attached hydrogens (primary N) is 1. The van der Waals surface area contributed by atoms with Crippen molar-refractivity contribution < 1.29 is 14.5 Å². The summed E-state index contributed by atoms with van der Waals surface area (Å²) in [7, 11) is 1.46. The SMILES string of the molecule is COC(C(=O)Nc1cc([N+](=O)[O-])ccc1C)[C@H](N)CC1CCCCC1. The molecule has 0 heterocycles. The van der Waals surface area contributed by atoms with Gasteiger partial charge >= 0.3 is 0 Å². The topological polar surface area (TPSA) is 107 Å². The van der Waals surface area contributed by atoms with Gasteiger partial charge in [0.1, 0.15) is 0 Å². The lowest BCUT2D eigenvalue weighted by atomic mass is 9.84. The van der Waals surface area contributed by atoms with Crippen molar-refractivity contribution in [1.82, 2.24) is 0 Å². The first-order valence-electron chi connectivity index (χ1n) is 8.76. The Balaban J connectivity index is 2.03. The minimum absolute atomic E-state index is 0.0682. The molecule has 0 saturated heterocycles. The van der Waals surface area contributed by atoms with Gasteiger partial charge in [0, 0.05) is 25.3 Å². The Morgan fingerprint density at radius 2 is 2.08 bits per heavy atom. The van der Waals surface area contributed by atoms with E-state index in [1.165, 1.54) is 38.5 Å². The molecule has 1 unspecified atom stereocenters. The zero-order chi connectivity index (χ0) is 18.4. The second-order valence-corrected chi connectivity index (χ2v) is 6.81. The first-order valence-corrected chi connectivity index (χ1v) is 8.76. The Morgan fingerprint density at radius 1 is 1.40 bits per heavy atom. The van der Waals surface area contributed by atoms with E-state index in [1.54, 1.807) is 13.0 Å². The zero-order valence-corrected chi connectivity index (χ0v) is 14.9. The number of nitro benzene ring substituents is 1. The molecule has 25 heavy (non-hydrogen) atoms. The molecule has 1 fully saturated rings. The highest BCUT2D eigenvalue weighted by molar-refractivity contribution is 5.95. The maximum atomic E-state index is 12.6. The molecule has 1 saturated carbocycles. The van der Waals surface area contributed by atoms with Gasteiger partial charge in [0.15, 0.2) is 6.10 Å². The lowest BCUT2D eigenvalue weighted by molar-refractivity contribution is -0.384. The van der Waals surface area contributed by atoms with Crippen LogP contribution in [0.1, 0.15) is 44.1 Å². The standard InChI is InChI=1S/C18H27N3O4/c1-12-8-9-14(21(23)24)11-16(12)20-18(22)17(25-2)15(19)10-13-6-4-3-5-7-13/h8-9,11,13,15,17H,3-7,10,19H2,1-2H3,(H,20,22)/t15-,17?/m1/s1. The number of anilines is 1. The smallest absolute Gasteiger partial charge is 0.271 e. The molecular weight excluding hydrogens is 322 g/mol. The number of methoxy groups -OCH3 is 1. The van der Waals surface area contributed by atoms with Crippen LogP contribution in [0.4, 0.5) is 11.4 Å². The van der Waals surface area contributed by atoms with Crippen molar-refractivity contribution in [2.45, 2.75) is 57.6 Å². The van der Waals surface area contributed by atoms with Gasteiger partial charge < -0.3 is 15.8 Å². The summed E-state index contributed by atoms with van der Waals surface area (Å²) < 4.78 is 5.33. The highest BCUT2D eigenvalue weighted by atomic mass is 16.6. The van der Waals surface area contributed by atoms with Crippen LogP contribution in [0, 0.1) is 23.0 Å². The number of non-ortho nitro benzene ring substituents is 1. The first-order chi connectivity index (χ1) is 11.9. The summed E-state index contributed by atoms with van der Waals surface area (Å²) >= 11 is 0. The fourth-order valence-corrected chi connectivity index (χ4v) is 3.47. The largest absolute Gasteiger partial charge is 0.370 e. The monoisotopic (exact) mass is 349 g/mol. The summed E-state index contributed by atoms with van der Waals surface area (Å²) in [5, 5.41) is 13.6. The minimum Gasteiger partial charge on any atom is -0.370 e. The molecule has 0 radical (unpaired) electrons. The Bertz CT molecular complexity index is 614. The summed E-state index contributed by atoms with van der Waals surface area (Å²) in [5.41, 5.74) is 7.32. The van der Waals surface area contributed by atoms with Crippen LogP contribution in [0.15, 0.2) is 18.2 Å². The molecule has 1 amide bonds. The molecule has 0 bridgehead atoms. The second kappa shape index (κ2) is 8.92. The molecule has 1 aliphatic carbocycles. The van der Waals surface area contributed by atoms with Gasteiger partial charge in [-0.15, -0.1) is 0 Å². The number of ether oxygens (including phenoxy) is 1. The number of aryl methyl sites for hydroxylation is 1. The number of benzene rings is 1. The zero-order valence-electron chi connectivity index (χ0n) is 14.9. The molecule has 3 N–H and O–H groups in total. The third-order valence-electron chi connectivity index (χ3n) is 4.92. The van der Waals surface area contributed by atoms with Gasteiger partial charge in [0.25, 0.3) is 11.6 Å². The van der Waals surface area contributed by atoms with E-state index in [0.717, 1.165) is 24.8 Å². The van der Waals surface area contributed by atoms with Crippen LogP contribution in [0.3, 0.4) is 0 Å². The fourth-order valence-electron chi connectivity index (χ4n) is 3.47. The highest BCUT2D eigenvalue weighted by Gasteiger charge is 2.29. The van der Waals surface area contributed by atoms with E-state index < -0.39 is 17.1 Å². The van der Waals surface area contributed by atoms with Crippen LogP contribution < -0.4 is 11.1 Å². The number of carbonyl (C=O) groups is 1. The molecule has 1 aromatic rings. The minimum atomic E-state index is -0.777. The fraction of sp³-hybridized carbons (Fsp3) is 0.611. The van der Waals surface area contributed by atoms with Crippen molar-refractivity contribution in [2.75, 3.05) is 12.4 Å². The van der Waals surface area contributed by atoms with Crippen LogP contribution in [0.25, 0.3) is 0 Å². The number of hydrogen-bond acceptors (Lipinski definition) is 5. The molecule has 2 rings (SSSR count). The number of carbonyl (C=O) groups excluding carboxylic acids is 1. The van der Waals surface area contributed by atoms with Crippen LogP contribution in [0.2, 0.25) is 0 Å². The van der Waals surface area contributed by atoms with Crippen LogP contribution in [-0.2, 0) is 9.53 Å². The van der Waals surface area contributed by atoms with Crippen LogP contribution in [0.5, 0.6) is 0 Å². The molecule has 2 atom stereocenters. The molecule has 1 aliphatic rings. The maximum absolute atomic E-state index is 12.6. The summed E-state index contributed by atoms with van der Waals surface area (Å²) in [6, 6.07) is 3.98. The summed E-state index contributed by atoms with van der Waals surface area (Å²) in [5.74, 6) is 0.170. The molecular formula is C18H27N3O4. The van der Waals surface area contributed by atoms with E-state index in [0.29, 0.717) is 11.6 Å². The van der Waals surface area contributed by atoms with Crippen molar-refractivity contribution in [2.24, 2.45) is 11.7 Å². The molecule has 138 valence electrons. The average molecular weight is 349 g/mol. The Morgan fingerprint density at radius 3 is 2.68 bits per heavy atom. The summed E-state index contributed by atoms with van der Waals surface area (Å²) in [6.45, 7) is 1.78. The Labute approximate surface area is 148 Å². The molecule has 7 heteroatoms. The van der Waals surface area contributed by atoms with Crippen molar-refractivity contribution in [1.29, 1.82) is 0 Å².